The molecule has 3 saturated carbocycles. The molecule has 1 heterocycles. The van der Waals surface area contributed by atoms with Gasteiger partial charge in [-0.3, -0.25) is 0 Å². The highest BCUT2D eigenvalue weighted by molar-refractivity contribution is 6.04. The summed E-state index contributed by atoms with van der Waals surface area (Å²) >= 11 is 0. The van der Waals surface area contributed by atoms with E-state index in [1.54, 1.807) is 12.1 Å². The SMILES string of the molecule is O=c1oc2cc(O)ccc2c2ccc(C34CCC5C3C5(CO)C4)cc12. The summed E-state index contributed by atoms with van der Waals surface area (Å²) in [6.45, 7) is 0.300. The van der Waals surface area contributed by atoms with Crippen LogP contribution in [-0.4, -0.2) is 16.8 Å². The smallest absolute Gasteiger partial charge is 0.344 e. The lowest BCUT2D eigenvalue weighted by Gasteiger charge is -2.48. The first-order valence-electron chi connectivity index (χ1n) is 8.90. The molecule has 2 aromatic carbocycles. The van der Waals surface area contributed by atoms with Gasteiger partial charge in [-0.15, -0.1) is 0 Å². The minimum absolute atomic E-state index is 0.0889. The van der Waals surface area contributed by atoms with E-state index in [9.17, 15) is 15.0 Å². The van der Waals surface area contributed by atoms with Crippen molar-refractivity contribution in [2.24, 2.45) is 17.3 Å². The van der Waals surface area contributed by atoms with Crippen LogP contribution in [0.15, 0.2) is 45.6 Å². The van der Waals surface area contributed by atoms with E-state index >= 15 is 0 Å². The van der Waals surface area contributed by atoms with E-state index in [4.69, 9.17) is 4.42 Å². The average Bonchev–Trinajstić information content (AvgIpc) is 2.99. The zero-order valence-corrected chi connectivity index (χ0v) is 13.7. The fraction of sp³-hybridized carbons (Fsp3) is 0.381. The van der Waals surface area contributed by atoms with Crippen LogP contribution in [0.3, 0.4) is 0 Å². The minimum Gasteiger partial charge on any atom is -0.508 e. The van der Waals surface area contributed by atoms with Crippen molar-refractivity contribution in [2.45, 2.75) is 24.7 Å². The molecule has 4 atom stereocenters. The average molecular weight is 334 g/mol. The van der Waals surface area contributed by atoms with Crippen LogP contribution in [0, 0.1) is 17.3 Å². The Kier molecular flexibility index (Phi) is 2.27. The third-order valence-electron chi connectivity index (χ3n) is 7.36. The van der Waals surface area contributed by atoms with Crippen molar-refractivity contribution in [3.8, 4) is 5.75 Å². The molecule has 3 aliphatic rings. The van der Waals surface area contributed by atoms with E-state index in [1.807, 2.05) is 12.1 Å². The maximum Gasteiger partial charge on any atom is 0.344 e. The molecule has 25 heavy (non-hydrogen) atoms. The number of hydrogen-bond donors (Lipinski definition) is 2. The standard InChI is InChI=1S/C21H18O4/c22-10-21-9-20(6-5-16(21)18(20)21)11-1-3-13-14-4-2-12(23)8-17(14)25-19(24)15(13)7-11/h1-4,7-8,16,18,22-23H,5-6,9-10H2. The van der Waals surface area contributed by atoms with E-state index < -0.39 is 0 Å². The van der Waals surface area contributed by atoms with Crippen molar-refractivity contribution in [3.63, 3.8) is 0 Å². The van der Waals surface area contributed by atoms with Gasteiger partial charge in [-0.2, -0.15) is 0 Å². The van der Waals surface area contributed by atoms with Crippen LogP contribution in [0.25, 0.3) is 21.7 Å². The second-order valence-corrected chi connectivity index (χ2v) is 8.18. The summed E-state index contributed by atoms with van der Waals surface area (Å²) in [6.07, 6.45) is 3.39. The summed E-state index contributed by atoms with van der Waals surface area (Å²) in [5.74, 6) is 1.35. The second-order valence-electron chi connectivity index (χ2n) is 8.18. The van der Waals surface area contributed by atoms with E-state index in [1.165, 1.54) is 18.1 Å². The van der Waals surface area contributed by atoms with Crippen molar-refractivity contribution in [1.82, 2.24) is 0 Å². The highest BCUT2D eigenvalue weighted by Gasteiger charge is 2.83. The second kappa shape index (κ2) is 4.07. The molecule has 3 fully saturated rings. The Hall–Kier alpha value is -2.33. The summed E-state index contributed by atoms with van der Waals surface area (Å²) in [6, 6.07) is 11.1. The van der Waals surface area contributed by atoms with E-state index in [2.05, 4.69) is 6.07 Å². The molecule has 6 rings (SSSR count). The Morgan fingerprint density at radius 2 is 1.96 bits per heavy atom. The molecule has 1 aromatic heterocycles. The molecule has 126 valence electrons. The normalized spacial score (nSPS) is 34.9. The third kappa shape index (κ3) is 1.43. The van der Waals surface area contributed by atoms with E-state index in [0.29, 0.717) is 29.4 Å². The fourth-order valence-electron chi connectivity index (χ4n) is 6.36. The van der Waals surface area contributed by atoms with Gasteiger partial charge in [-0.1, -0.05) is 12.1 Å². The Bertz CT molecular complexity index is 1130. The number of aliphatic hydroxyl groups excluding tert-OH is 1. The summed E-state index contributed by atoms with van der Waals surface area (Å²) in [7, 11) is 0. The number of rotatable bonds is 2. The molecular formula is C21H18O4. The summed E-state index contributed by atoms with van der Waals surface area (Å²) < 4.78 is 5.44. The van der Waals surface area contributed by atoms with E-state index in [-0.39, 0.29) is 22.2 Å². The maximum atomic E-state index is 12.5. The van der Waals surface area contributed by atoms with Gasteiger partial charge >= 0.3 is 5.63 Å². The van der Waals surface area contributed by atoms with Gasteiger partial charge in [0.15, 0.2) is 0 Å². The van der Waals surface area contributed by atoms with Gasteiger partial charge in [-0.05, 0) is 65.7 Å². The number of aromatic hydroxyl groups is 1. The minimum atomic E-state index is -0.357. The molecule has 3 aliphatic carbocycles. The molecule has 0 bridgehead atoms. The molecule has 0 radical (unpaired) electrons. The summed E-state index contributed by atoms with van der Waals surface area (Å²) in [4.78, 5) is 12.5. The maximum absolute atomic E-state index is 12.5. The Labute approximate surface area is 143 Å². The molecule has 4 nitrogen and oxygen atoms in total. The molecular weight excluding hydrogens is 316 g/mol. The number of phenolic OH excluding ortho intramolecular Hbond substituents is 1. The van der Waals surface area contributed by atoms with Crippen LogP contribution in [-0.2, 0) is 5.41 Å². The molecule has 2 N–H and O–H groups in total. The van der Waals surface area contributed by atoms with Crippen molar-refractivity contribution in [2.75, 3.05) is 6.61 Å². The molecule has 0 spiro atoms. The van der Waals surface area contributed by atoms with Gasteiger partial charge in [0.1, 0.15) is 11.3 Å². The van der Waals surface area contributed by atoms with Crippen LogP contribution in [0.1, 0.15) is 24.8 Å². The van der Waals surface area contributed by atoms with Crippen molar-refractivity contribution in [1.29, 1.82) is 0 Å². The van der Waals surface area contributed by atoms with Crippen molar-refractivity contribution < 1.29 is 14.6 Å². The topological polar surface area (TPSA) is 70.7 Å². The Balaban J connectivity index is 1.56. The molecule has 0 amide bonds. The highest BCUT2D eigenvalue weighted by atomic mass is 16.4. The lowest BCUT2D eigenvalue weighted by Crippen LogP contribution is -2.45. The van der Waals surface area contributed by atoms with Crippen LogP contribution in [0.2, 0.25) is 0 Å². The predicted octanol–water partition coefficient (Wildman–Crippen LogP) is 3.31. The first-order valence-corrected chi connectivity index (χ1v) is 8.90. The lowest BCUT2D eigenvalue weighted by molar-refractivity contribution is 0.0448. The largest absolute Gasteiger partial charge is 0.508 e. The van der Waals surface area contributed by atoms with Gasteiger partial charge in [0, 0.05) is 23.5 Å². The van der Waals surface area contributed by atoms with Crippen molar-refractivity contribution in [3.05, 3.63) is 52.4 Å². The molecule has 0 saturated heterocycles. The van der Waals surface area contributed by atoms with Gasteiger partial charge < -0.3 is 14.6 Å². The van der Waals surface area contributed by atoms with Gasteiger partial charge in [-0.25, -0.2) is 4.79 Å². The number of phenols is 1. The first-order chi connectivity index (χ1) is 12.1. The van der Waals surface area contributed by atoms with Gasteiger partial charge in [0.25, 0.3) is 0 Å². The predicted molar refractivity (Wildman–Crippen MR) is 93.7 cm³/mol. The van der Waals surface area contributed by atoms with Gasteiger partial charge in [0.2, 0.25) is 0 Å². The lowest BCUT2D eigenvalue weighted by atomic mass is 9.56. The monoisotopic (exact) mass is 334 g/mol. The number of aliphatic hydroxyl groups is 1. The third-order valence-corrected chi connectivity index (χ3v) is 7.36. The number of hydrogen-bond acceptors (Lipinski definition) is 4. The van der Waals surface area contributed by atoms with Crippen molar-refractivity contribution >= 4 is 21.7 Å². The van der Waals surface area contributed by atoms with Gasteiger partial charge in [0.05, 0.1) is 5.39 Å². The van der Waals surface area contributed by atoms with Crippen LogP contribution in [0.5, 0.6) is 5.75 Å². The van der Waals surface area contributed by atoms with Crippen LogP contribution >= 0.6 is 0 Å². The highest BCUT2D eigenvalue weighted by Crippen LogP contribution is 2.86. The number of fused-ring (bicyclic) bond motifs is 4. The molecule has 0 aliphatic heterocycles. The summed E-state index contributed by atoms with van der Waals surface area (Å²) in [5.41, 5.74) is 1.61. The zero-order valence-electron chi connectivity index (χ0n) is 13.7. The quantitative estimate of drug-likeness (QED) is 0.557. The Morgan fingerprint density at radius 3 is 2.72 bits per heavy atom. The van der Waals surface area contributed by atoms with E-state index in [0.717, 1.165) is 23.6 Å². The molecule has 4 unspecified atom stereocenters. The zero-order chi connectivity index (χ0) is 17.0. The Morgan fingerprint density at radius 1 is 1.12 bits per heavy atom. The van der Waals surface area contributed by atoms with Crippen LogP contribution in [0.4, 0.5) is 0 Å². The molecule has 4 heteroatoms. The first kappa shape index (κ1) is 13.9. The number of benzene rings is 2. The summed E-state index contributed by atoms with van der Waals surface area (Å²) in [5, 5.41) is 21.7. The van der Waals surface area contributed by atoms with Crippen LogP contribution < -0.4 is 5.63 Å². The molecule has 3 aromatic rings. The fourth-order valence-corrected chi connectivity index (χ4v) is 6.36.